The Labute approximate surface area is 113 Å². The topological polar surface area (TPSA) is 52.5 Å². The van der Waals surface area contributed by atoms with Crippen molar-refractivity contribution in [2.24, 2.45) is 0 Å². The molecule has 0 aliphatic rings. The van der Waals surface area contributed by atoms with Crippen LogP contribution in [0.2, 0.25) is 0 Å². The normalized spacial score (nSPS) is 10.5. The summed E-state index contributed by atoms with van der Waals surface area (Å²) in [6, 6.07) is 14.8. The van der Waals surface area contributed by atoms with E-state index < -0.39 is 0 Å². The van der Waals surface area contributed by atoms with E-state index in [0.717, 1.165) is 37.1 Å². The molecule has 2 aromatic carbocycles. The molecule has 0 spiro atoms. The predicted molar refractivity (Wildman–Crippen MR) is 76.5 cm³/mol. The van der Waals surface area contributed by atoms with E-state index in [9.17, 15) is 10.2 Å². The third-order valence-corrected chi connectivity index (χ3v) is 3.13. The fourth-order valence-corrected chi connectivity index (χ4v) is 2.02. The molecular weight excluding hydrogens is 238 g/mol. The van der Waals surface area contributed by atoms with Crippen LogP contribution in [0.25, 0.3) is 0 Å². The Morgan fingerprint density at radius 3 is 1.53 bits per heavy atom. The number of phenolic OH excluding ortho intramolecular Hbond substituents is 2. The lowest BCUT2D eigenvalue weighted by molar-refractivity contribution is 0.465. The maximum atomic E-state index is 9.62. The van der Waals surface area contributed by atoms with E-state index in [0.29, 0.717) is 11.5 Å². The summed E-state index contributed by atoms with van der Waals surface area (Å²) in [5.41, 5.74) is 1.91. The second-order valence-electron chi connectivity index (χ2n) is 4.51. The smallest absolute Gasteiger partial charge is 0.118 e. The lowest BCUT2D eigenvalue weighted by Crippen LogP contribution is -2.20. The highest BCUT2D eigenvalue weighted by molar-refractivity contribution is 5.32. The molecule has 0 saturated heterocycles. The van der Waals surface area contributed by atoms with Gasteiger partial charge in [-0.3, -0.25) is 0 Å². The number of rotatable bonds is 6. The monoisotopic (exact) mass is 257 g/mol. The van der Waals surface area contributed by atoms with Crippen molar-refractivity contribution >= 4 is 0 Å². The highest BCUT2D eigenvalue weighted by atomic mass is 16.3. The highest BCUT2D eigenvalue weighted by Gasteiger charge is 2.00. The zero-order chi connectivity index (χ0) is 13.5. The van der Waals surface area contributed by atoms with Gasteiger partial charge in [0, 0.05) is 0 Å². The Hall–Kier alpha value is -2.00. The molecule has 0 aliphatic carbocycles. The largest absolute Gasteiger partial charge is 0.508 e. The lowest BCUT2D eigenvalue weighted by Gasteiger charge is -2.07. The van der Waals surface area contributed by atoms with Crippen LogP contribution in [-0.4, -0.2) is 23.3 Å². The van der Waals surface area contributed by atoms with Gasteiger partial charge in [-0.15, -0.1) is 0 Å². The maximum absolute atomic E-state index is 9.62. The first kappa shape index (κ1) is 13.4. The highest BCUT2D eigenvalue weighted by Crippen LogP contribution is 2.16. The van der Waals surface area contributed by atoms with Crippen LogP contribution in [0.5, 0.6) is 11.5 Å². The number of nitrogens with one attached hydrogen (secondary N) is 1. The first-order valence-corrected chi connectivity index (χ1v) is 6.52. The molecule has 0 aromatic heterocycles. The molecule has 0 saturated carbocycles. The van der Waals surface area contributed by atoms with Crippen LogP contribution in [0.1, 0.15) is 11.1 Å². The van der Waals surface area contributed by atoms with Gasteiger partial charge in [0.2, 0.25) is 0 Å². The first-order valence-electron chi connectivity index (χ1n) is 6.52. The van der Waals surface area contributed by atoms with Crippen molar-refractivity contribution in [1.29, 1.82) is 0 Å². The minimum atomic E-state index is 0.352. The van der Waals surface area contributed by atoms with Crippen molar-refractivity contribution < 1.29 is 10.2 Å². The second kappa shape index (κ2) is 6.81. The average molecular weight is 257 g/mol. The molecule has 2 aromatic rings. The Morgan fingerprint density at radius 2 is 1.11 bits per heavy atom. The van der Waals surface area contributed by atoms with Gasteiger partial charge >= 0.3 is 0 Å². The fraction of sp³-hybridized carbons (Fsp3) is 0.250. The van der Waals surface area contributed by atoms with Gasteiger partial charge in [0.15, 0.2) is 0 Å². The lowest BCUT2D eigenvalue weighted by atomic mass is 10.1. The molecular formula is C16H19NO2. The molecule has 0 heterocycles. The molecule has 3 heteroatoms. The van der Waals surface area contributed by atoms with Gasteiger partial charge in [-0.25, -0.2) is 0 Å². The average Bonchev–Trinajstić information content (AvgIpc) is 2.42. The molecule has 0 amide bonds. The van der Waals surface area contributed by atoms with Crippen LogP contribution in [-0.2, 0) is 12.8 Å². The van der Waals surface area contributed by atoms with Crippen LogP contribution >= 0.6 is 0 Å². The number of aromatic hydroxyl groups is 2. The van der Waals surface area contributed by atoms with Gasteiger partial charge in [0.25, 0.3) is 0 Å². The summed E-state index contributed by atoms with van der Waals surface area (Å²) in [7, 11) is 0. The summed E-state index contributed by atoms with van der Waals surface area (Å²) >= 11 is 0. The van der Waals surface area contributed by atoms with Gasteiger partial charge in [0.1, 0.15) is 11.5 Å². The van der Waals surface area contributed by atoms with Crippen LogP contribution < -0.4 is 5.32 Å². The van der Waals surface area contributed by atoms with E-state index in [1.54, 1.807) is 12.1 Å². The van der Waals surface area contributed by atoms with E-state index in [4.69, 9.17) is 0 Å². The quantitative estimate of drug-likeness (QED) is 0.697. The number of benzene rings is 2. The van der Waals surface area contributed by atoms with Crippen LogP contribution in [0, 0.1) is 0 Å². The summed E-state index contributed by atoms with van der Waals surface area (Å²) < 4.78 is 0. The first-order chi connectivity index (χ1) is 9.27. The molecule has 2 rings (SSSR count). The van der Waals surface area contributed by atoms with Gasteiger partial charge in [0.05, 0.1) is 0 Å². The molecule has 3 nitrogen and oxygen atoms in total. The number of phenols is 2. The van der Waals surface area contributed by atoms with Crippen molar-refractivity contribution in [2.45, 2.75) is 12.8 Å². The van der Waals surface area contributed by atoms with Gasteiger partial charge in [-0.2, -0.15) is 0 Å². The minimum Gasteiger partial charge on any atom is -0.508 e. The number of para-hydroxylation sites is 2. The predicted octanol–water partition coefficient (Wildman–Crippen LogP) is 2.47. The Bertz CT molecular complexity index is 478. The molecule has 0 fully saturated rings. The number of hydrogen-bond acceptors (Lipinski definition) is 3. The van der Waals surface area contributed by atoms with Crippen LogP contribution in [0.4, 0.5) is 0 Å². The molecule has 0 bridgehead atoms. The maximum Gasteiger partial charge on any atom is 0.118 e. The summed E-state index contributed by atoms with van der Waals surface area (Å²) in [6.45, 7) is 1.62. The number of hydrogen-bond donors (Lipinski definition) is 3. The molecule has 0 atom stereocenters. The van der Waals surface area contributed by atoms with Gasteiger partial charge in [-0.05, 0) is 49.2 Å². The third kappa shape index (κ3) is 4.00. The van der Waals surface area contributed by atoms with E-state index >= 15 is 0 Å². The Kier molecular flexibility index (Phi) is 4.81. The zero-order valence-electron chi connectivity index (χ0n) is 10.8. The second-order valence-corrected chi connectivity index (χ2v) is 4.51. The SMILES string of the molecule is Oc1ccccc1CCNCCc1ccccc1O. The zero-order valence-corrected chi connectivity index (χ0v) is 10.8. The standard InChI is InChI=1S/C16H19NO2/c18-15-7-3-1-5-13(15)9-11-17-12-10-14-6-2-4-8-16(14)19/h1-8,17-19H,9-12H2. The Morgan fingerprint density at radius 1 is 0.684 bits per heavy atom. The van der Waals surface area contributed by atoms with Crippen molar-refractivity contribution in [1.82, 2.24) is 5.32 Å². The molecule has 3 N–H and O–H groups in total. The summed E-state index contributed by atoms with van der Waals surface area (Å²) in [4.78, 5) is 0. The summed E-state index contributed by atoms with van der Waals surface area (Å²) in [6.07, 6.45) is 1.60. The van der Waals surface area contributed by atoms with Crippen molar-refractivity contribution in [3.05, 3.63) is 59.7 Å². The van der Waals surface area contributed by atoms with Crippen molar-refractivity contribution in [3.63, 3.8) is 0 Å². The van der Waals surface area contributed by atoms with E-state index in [1.807, 2.05) is 36.4 Å². The van der Waals surface area contributed by atoms with Crippen LogP contribution in [0.3, 0.4) is 0 Å². The Balaban J connectivity index is 1.71. The summed E-state index contributed by atoms with van der Waals surface area (Å²) in [5.74, 6) is 0.704. The fourth-order valence-electron chi connectivity index (χ4n) is 2.02. The molecule has 100 valence electrons. The molecule has 19 heavy (non-hydrogen) atoms. The van der Waals surface area contributed by atoms with E-state index in [1.165, 1.54) is 0 Å². The summed E-state index contributed by atoms with van der Waals surface area (Å²) in [5, 5.41) is 22.6. The van der Waals surface area contributed by atoms with Crippen molar-refractivity contribution in [3.8, 4) is 11.5 Å². The van der Waals surface area contributed by atoms with Gasteiger partial charge in [-0.1, -0.05) is 36.4 Å². The molecule has 0 aliphatic heterocycles. The molecule has 0 radical (unpaired) electrons. The van der Waals surface area contributed by atoms with Crippen LogP contribution in [0.15, 0.2) is 48.5 Å². The van der Waals surface area contributed by atoms with E-state index in [-0.39, 0.29) is 0 Å². The minimum absolute atomic E-state index is 0.352. The third-order valence-electron chi connectivity index (χ3n) is 3.13. The van der Waals surface area contributed by atoms with Crippen molar-refractivity contribution in [2.75, 3.05) is 13.1 Å². The van der Waals surface area contributed by atoms with E-state index in [2.05, 4.69) is 5.32 Å². The van der Waals surface area contributed by atoms with Gasteiger partial charge < -0.3 is 15.5 Å². The molecule has 0 unspecified atom stereocenters.